The molecule has 294 valence electrons. The fourth-order valence-corrected chi connectivity index (χ4v) is 9.90. The zero-order valence-electron chi connectivity index (χ0n) is 34.4. The van der Waals surface area contributed by atoms with E-state index in [-0.39, 0.29) is 0 Å². The van der Waals surface area contributed by atoms with Crippen molar-refractivity contribution in [3.63, 3.8) is 0 Å². The molecule has 11 aromatic rings. The van der Waals surface area contributed by atoms with Crippen molar-refractivity contribution in [3.8, 4) is 67.4 Å². The predicted molar refractivity (Wildman–Crippen MR) is 259 cm³/mol. The Bertz CT molecular complexity index is 3450. The third kappa shape index (κ3) is 6.08. The average molecular weight is 802 g/mol. The van der Waals surface area contributed by atoms with Gasteiger partial charge in [-0.25, -0.2) is 15.0 Å². The zero-order valence-corrected chi connectivity index (χ0v) is 34.4. The Hall–Kier alpha value is -8.27. The maximum atomic E-state index is 5.50. The molecule has 0 saturated heterocycles. The van der Waals surface area contributed by atoms with Crippen molar-refractivity contribution in [1.82, 2.24) is 15.0 Å². The molecule has 9 aromatic carbocycles. The molecule has 12 rings (SSSR count). The quantitative estimate of drug-likeness (QED) is 0.161. The molecular formula is C60H39N3. The number of hydrogen-bond acceptors (Lipinski definition) is 3. The van der Waals surface area contributed by atoms with E-state index < -0.39 is 5.41 Å². The van der Waals surface area contributed by atoms with E-state index in [9.17, 15) is 0 Å². The molecule has 3 nitrogen and oxygen atoms in total. The van der Waals surface area contributed by atoms with E-state index in [4.69, 9.17) is 15.0 Å². The lowest BCUT2D eigenvalue weighted by atomic mass is 9.67. The third-order valence-corrected chi connectivity index (χ3v) is 12.7. The maximum absolute atomic E-state index is 5.50. The smallest absolute Gasteiger partial charge is 0.160 e. The van der Waals surface area contributed by atoms with Gasteiger partial charge in [-0.1, -0.05) is 206 Å². The summed E-state index contributed by atoms with van der Waals surface area (Å²) in [6.07, 6.45) is 0. The topological polar surface area (TPSA) is 38.7 Å². The molecule has 0 amide bonds. The summed E-state index contributed by atoms with van der Waals surface area (Å²) < 4.78 is 0. The highest BCUT2D eigenvalue weighted by Crippen LogP contribution is 2.57. The van der Waals surface area contributed by atoms with Crippen LogP contribution >= 0.6 is 0 Å². The van der Waals surface area contributed by atoms with Crippen LogP contribution in [-0.4, -0.2) is 15.0 Å². The largest absolute Gasteiger partial charge is 0.248 e. The van der Waals surface area contributed by atoms with Crippen LogP contribution in [0.3, 0.4) is 0 Å². The summed E-state index contributed by atoms with van der Waals surface area (Å²) in [6.45, 7) is 0. The SMILES string of the molecule is c1ccc(-c2cc(-c3cccc4ccccc34)nc(-c3cccc(-c4cc(-c5ccccc5)nc5cc6c(cc45)-c4ccccc4C6(c4ccccc4)c4ccccc4)c3)n2)cc1. The van der Waals surface area contributed by atoms with Crippen LogP contribution < -0.4 is 0 Å². The summed E-state index contributed by atoms with van der Waals surface area (Å²) >= 11 is 0. The van der Waals surface area contributed by atoms with E-state index in [2.05, 4.69) is 231 Å². The summed E-state index contributed by atoms with van der Waals surface area (Å²) in [5.74, 6) is 0.674. The molecule has 0 unspecified atom stereocenters. The van der Waals surface area contributed by atoms with E-state index >= 15 is 0 Å². The van der Waals surface area contributed by atoms with Gasteiger partial charge in [0.15, 0.2) is 5.82 Å². The number of nitrogens with zero attached hydrogens (tertiary/aromatic N) is 3. The lowest BCUT2D eigenvalue weighted by Gasteiger charge is -2.34. The number of benzene rings is 9. The molecule has 0 radical (unpaired) electrons. The van der Waals surface area contributed by atoms with Crippen molar-refractivity contribution in [3.05, 3.63) is 259 Å². The standard InChI is InChI=1S/C60H39N3/c1-5-20-41(21-6-1)55-37-50(52-36-51-48-32-15-16-34-53(48)60(45-27-9-3-10-28-45,46-29-11-4-12-30-46)54(51)38-57(52)61-55)43-25-17-26-44(35-43)59-62-56(42-22-7-2-8-23-42)39-58(63-59)49-33-18-24-40-19-13-14-31-47(40)49/h1-39H. The van der Waals surface area contributed by atoms with Gasteiger partial charge in [-0.3, -0.25) is 0 Å². The minimum absolute atomic E-state index is 0.532. The van der Waals surface area contributed by atoms with Crippen molar-refractivity contribution in [2.24, 2.45) is 0 Å². The lowest BCUT2D eigenvalue weighted by Crippen LogP contribution is -2.28. The summed E-state index contributed by atoms with van der Waals surface area (Å²) in [4.78, 5) is 16.1. The lowest BCUT2D eigenvalue weighted by molar-refractivity contribution is 0.769. The van der Waals surface area contributed by atoms with Crippen LogP contribution in [0.1, 0.15) is 22.3 Å². The first kappa shape index (κ1) is 36.6. The van der Waals surface area contributed by atoms with Gasteiger partial charge in [-0.15, -0.1) is 0 Å². The predicted octanol–water partition coefficient (Wildman–Crippen LogP) is 14.9. The minimum Gasteiger partial charge on any atom is -0.248 e. The molecule has 0 aliphatic heterocycles. The van der Waals surface area contributed by atoms with Crippen LogP contribution in [-0.2, 0) is 5.41 Å². The highest BCUT2D eigenvalue weighted by atomic mass is 14.9. The van der Waals surface area contributed by atoms with Crippen LogP contribution in [0, 0.1) is 0 Å². The van der Waals surface area contributed by atoms with E-state index in [1.165, 1.54) is 38.8 Å². The highest BCUT2D eigenvalue weighted by molar-refractivity contribution is 6.03. The minimum atomic E-state index is -0.532. The second-order valence-corrected chi connectivity index (χ2v) is 16.3. The van der Waals surface area contributed by atoms with Crippen molar-refractivity contribution < 1.29 is 0 Å². The first-order chi connectivity index (χ1) is 31.2. The van der Waals surface area contributed by atoms with Crippen molar-refractivity contribution in [2.75, 3.05) is 0 Å². The van der Waals surface area contributed by atoms with Crippen molar-refractivity contribution in [1.29, 1.82) is 0 Å². The van der Waals surface area contributed by atoms with Crippen LogP contribution in [0.5, 0.6) is 0 Å². The molecule has 0 bridgehead atoms. The van der Waals surface area contributed by atoms with Crippen LogP contribution in [0.25, 0.3) is 89.1 Å². The van der Waals surface area contributed by atoms with Crippen molar-refractivity contribution >= 4 is 21.7 Å². The zero-order chi connectivity index (χ0) is 41.7. The van der Waals surface area contributed by atoms with Gasteiger partial charge < -0.3 is 0 Å². The van der Waals surface area contributed by atoms with Crippen LogP contribution in [0.15, 0.2) is 237 Å². The van der Waals surface area contributed by atoms with Gasteiger partial charge in [-0.05, 0) is 85.6 Å². The molecule has 0 fully saturated rings. The average Bonchev–Trinajstić information content (AvgIpc) is 3.66. The van der Waals surface area contributed by atoms with Crippen LogP contribution in [0.2, 0.25) is 0 Å². The Morgan fingerprint density at radius 2 is 0.825 bits per heavy atom. The Labute approximate surface area is 366 Å². The molecule has 3 heteroatoms. The highest BCUT2D eigenvalue weighted by Gasteiger charge is 2.46. The Morgan fingerprint density at radius 3 is 1.56 bits per heavy atom. The Balaban J connectivity index is 1.10. The molecule has 63 heavy (non-hydrogen) atoms. The Morgan fingerprint density at radius 1 is 0.286 bits per heavy atom. The first-order valence-corrected chi connectivity index (χ1v) is 21.5. The fourth-order valence-electron chi connectivity index (χ4n) is 9.90. The summed E-state index contributed by atoms with van der Waals surface area (Å²) in [5, 5.41) is 3.43. The van der Waals surface area contributed by atoms with E-state index in [0.717, 1.165) is 66.8 Å². The van der Waals surface area contributed by atoms with Gasteiger partial charge in [0.1, 0.15) is 0 Å². The van der Waals surface area contributed by atoms with Crippen LogP contribution in [0.4, 0.5) is 0 Å². The van der Waals surface area contributed by atoms with E-state index in [0.29, 0.717) is 5.82 Å². The maximum Gasteiger partial charge on any atom is 0.160 e. The molecule has 0 spiro atoms. The summed E-state index contributed by atoms with van der Waals surface area (Å²) in [5.41, 5.74) is 16.8. The van der Waals surface area contributed by atoms with Gasteiger partial charge in [0, 0.05) is 27.6 Å². The van der Waals surface area contributed by atoms with Crippen molar-refractivity contribution in [2.45, 2.75) is 5.41 Å². The number of fused-ring (bicyclic) bond motifs is 5. The molecule has 0 saturated carbocycles. The summed E-state index contributed by atoms with van der Waals surface area (Å²) in [7, 11) is 0. The van der Waals surface area contributed by atoms with Gasteiger partial charge in [0.2, 0.25) is 0 Å². The molecule has 2 aromatic heterocycles. The number of pyridine rings is 1. The monoisotopic (exact) mass is 801 g/mol. The normalized spacial score (nSPS) is 12.6. The molecular weight excluding hydrogens is 763 g/mol. The number of hydrogen-bond donors (Lipinski definition) is 0. The van der Waals surface area contributed by atoms with Gasteiger partial charge >= 0.3 is 0 Å². The second-order valence-electron chi connectivity index (χ2n) is 16.3. The Kier molecular flexibility index (Phi) is 8.72. The molecule has 2 heterocycles. The molecule has 1 aliphatic rings. The van der Waals surface area contributed by atoms with Gasteiger partial charge in [-0.2, -0.15) is 0 Å². The fraction of sp³-hybridized carbons (Fsp3) is 0.0167. The van der Waals surface area contributed by atoms with E-state index in [1.54, 1.807) is 0 Å². The summed E-state index contributed by atoms with van der Waals surface area (Å²) in [6, 6.07) is 84.6. The molecule has 0 atom stereocenters. The van der Waals surface area contributed by atoms with E-state index in [1.807, 2.05) is 6.07 Å². The van der Waals surface area contributed by atoms with Gasteiger partial charge in [0.25, 0.3) is 0 Å². The first-order valence-electron chi connectivity index (χ1n) is 21.5. The van der Waals surface area contributed by atoms with Gasteiger partial charge in [0.05, 0.1) is 28.0 Å². The second kappa shape index (κ2) is 15.0. The number of aromatic nitrogens is 3. The molecule has 0 N–H and O–H groups in total. The molecule has 1 aliphatic carbocycles. The third-order valence-electron chi connectivity index (χ3n) is 12.7. The number of rotatable bonds is 7.